The lowest BCUT2D eigenvalue weighted by molar-refractivity contribution is -0.121. The average Bonchev–Trinajstić information content (AvgIpc) is 2.47. The number of benzene rings is 1. The van der Waals surface area contributed by atoms with Crippen molar-refractivity contribution in [1.29, 1.82) is 0 Å². The van der Waals surface area contributed by atoms with Crippen molar-refractivity contribution in [2.45, 2.75) is 32.9 Å². The van der Waals surface area contributed by atoms with Crippen LogP contribution in [0.5, 0.6) is 5.75 Å². The number of nitrogens with two attached hydrogens (primary N) is 1. The number of ether oxygens (including phenoxy) is 1. The van der Waals surface area contributed by atoms with Crippen LogP contribution >= 0.6 is 0 Å². The third kappa shape index (κ3) is 3.40. The zero-order valence-electron chi connectivity index (χ0n) is 13.2. The second kappa shape index (κ2) is 6.24. The highest BCUT2D eigenvalue weighted by molar-refractivity contribution is 5.98. The first-order valence-corrected chi connectivity index (χ1v) is 7.35. The number of amides is 1. The quantitative estimate of drug-likeness (QED) is 0.765. The summed E-state index contributed by atoms with van der Waals surface area (Å²) in [7, 11) is 0. The minimum absolute atomic E-state index is 0.0277. The average molecular weight is 308 g/mol. The number of carbonyl (C=O) groups is 1. The highest BCUT2D eigenvalue weighted by Gasteiger charge is 2.29. The van der Waals surface area contributed by atoms with Crippen LogP contribution in [0, 0.1) is 5.41 Å². The van der Waals surface area contributed by atoms with Crippen LogP contribution in [0.4, 0.5) is 5.69 Å². The molecule has 1 aliphatic rings. The van der Waals surface area contributed by atoms with Crippen molar-refractivity contribution in [2.75, 3.05) is 24.7 Å². The van der Waals surface area contributed by atoms with Gasteiger partial charge in [0.1, 0.15) is 5.75 Å². The Balaban J connectivity index is 2.38. The van der Waals surface area contributed by atoms with Crippen LogP contribution in [0.3, 0.4) is 0 Å². The van der Waals surface area contributed by atoms with Crippen molar-refractivity contribution >= 4 is 11.6 Å². The van der Waals surface area contributed by atoms with Crippen LogP contribution in [-0.2, 0) is 4.79 Å². The van der Waals surface area contributed by atoms with Gasteiger partial charge in [-0.2, -0.15) is 0 Å². The van der Waals surface area contributed by atoms with E-state index in [9.17, 15) is 9.90 Å². The number of carbonyl (C=O) groups excluding carboxylic acids is 1. The number of hydrogen-bond donors (Lipinski definition) is 3. The number of β-amino-alcohol motifs (C(OH)–C–C–N with tert-alkyl or cyclic N) is 1. The molecule has 2 rings (SSSR count). The lowest BCUT2D eigenvalue weighted by atomic mass is 9.83. The minimum Gasteiger partial charge on any atom is -0.482 e. The predicted octanol–water partition coefficient (Wildman–Crippen LogP) is 0.811. The second-order valence-corrected chi connectivity index (χ2v) is 6.70. The van der Waals surface area contributed by atoms with Crippen LogP contribution < -0.4 is 15.4 Å². The zero-order valence-corrected chi connectivity index (χ0v) is 13.2. The molecule has 1 aromatic rings. The van der Waals surface area contributed by atoms with Gasteiger partial charge in [0, 0.05) is 6.04 Å². The predicted molar refractivity (Wildman–Crippen MR) is 83.8 cm³/mol. The Hall–Kier alpha value is -1.63. The van der Waals surface area contributed by atoms with E-state index in [1.54, 1.807) is 6.07 Å². The summed E-state index contributed by atoms with van der Waals surface area (Å²) in [4.78, 5) is 13.5. The molecule has 22 heavy (non-hydrogen) atoms. The van der Waals surface area contributed by atoms with E-state index in [1.165, 1.54) is 4.90 Å². The van der Waals surface area contributed by atoms with E-state index in [0.29, 0.717) is 11.4 Å². The summed E-state index contributed by atoms with van der Waals surface area (Å²) in [5.41, 5.74) is 7.64. The van der Waals surface area contributed by atoms with Gasteiger partial charge in [0.15, 0.2) is 6.61 Å². The highest BCUT2D eigenvalue weighted by atomic mass is 16.5. The zero-order chi connectivity index (χ0) is 16.5. The minimum atomic E-state index is -0.991. The standard InChI is InChI=1S/C16H24N2O4/c1-16(2,3)15(17)10-4-5-13-12(6-10)18(7-11(20)8-19)14(21)9-22-13/h4-6,11,15,19-20H,7-9,17H2,1-3H3. The molecule has 4 N–H and O–H groups in total. The summed E-state index contributed by atoms with van der Waals surface area (Å²) in [6, 6.07) is 5.32. The number of hydrogen-bond acceptors (Lipinski definition) is 5. The highest BCUT2D eigenvalue weighted by Crippen LogP contribution is 2.38. The van der Waals surface area contributed by atoms with Crippen molar-refractivity contribution < 1.29 is 19.7 Å². The molecule has 0 bridgehead atoms. The molecule has 0 radical (unpaired) electrons. The Bertz CT molecular complexity index is 554. The third-order valence-electron chi connectivity index (χ3n) is 3.82. The molecule has 2 atom stereocenters. The van der Waals surface area contributed by atoms with Gasteiger partial charge in [0.25, 0.3) is 5.91 Å². The maximum Gasteiger partial charge on any atom is 0.265 e. The third-order valence-corrected chi connectivity index (χ3v) is 3.82. The molecule has 0 fully saturated rings. The van der Waals surface area contributed by atoms with E-state index >= 15 is 0 Å². The van der Waals surface area contributed by atoms with Gasteiger partial charge in [0.05, 0.1) is 24.9 Å². The molecule has 1 heterocycles. The fourth-order valence-corrected chi connectivity index (χ4v) is 2.38. The molecule has 0 aromatic heterocycles. The van der Waals surface area contributed by atoms with Crippen molar-refractivity contribution in [3.63, 3.8) is 0 Å². The van der Waals surface area contributed by atoms with Gasteiger partial charge in [-0.1, -0.05) is 26.8 Å². The summed E-state index contributed by atoms with van der Waals surface area (Å²) >= 11 is 0. The largest absolute Gasteiger partial charge is 0.482 e. The molecule has 122 valence electrons. The first kappa shape index (κ1) is 16.7. The van der Waals surface area contributed by atoms with E-state index in [1.807, 2.05) is 32.9 Å². The molecular formula is C16H24N2O4. The Labute approximate surface area is 130 Å². The molecule has 2 unspecified atom stereocenters. The van der Waals surface area contributed by atoms with E-state index in [0.717, 1.165) is 5.56 Å². The summed E-state index contributed by atoms with van der Waals surface area (Å²) in [6.45, 7) is 5.70. The van der Waals surface area contributed by atoms with Crippen molar-refractivity contribution in [2.24, 2.45) is 11.1 Å². The molecule has 0 saturated carbocycles. The lowest BCUT2D eigenvalue weighted by Crippen LogP contribution is -2.44. The molecule has 1 amide bonds. The molecule has 1 aliphatic heterocycles. The summed E-state index contributed by atoms with van der Waals surface area (Å²) in [5.74, 6) is 0.330. The van der Waals surface area contributed by atoms with Crippen LogP contribution in [-0.4, -0.2) is 42.0 Å². The number of aliphatic hydroxyl groups excluding tert-OH is 2. The maximum absolute atomic E-state index is 12.1. The fourth-order valence-electron chi connectivity index (χ4n) is 2.38. The number of fused-ring (bicyclic) bond motifs is 1. The number of aliphatic hydroxyl groups is 2. The Morgan fingerprint density at radius 3 is 2.68 bits per heavy atom. The second-order valence-electron chi connectivity index (χ2n) is 6.70. The van der Waals surface area contributed by atoms with Gasteiger partial charge < -0.3 is 25.6 Å². The van der Waals surface area contributed by atoms with Crippen molar-refractivity contribution in [3.8, 4) is 5.75 Å². The lowest BCUT2D eigenvalue weighted by Gasteiger charge is -2.33. The number of rotatable bonds is 4. The van der Waals surface area contributed by atoms with Gasteiger partial charge in [0.2, 0.25) is 0 Å². The molecule has 1 aromatic carbocycles. The van der Waals surface area contributed by atoms with Crippen molar-refractivity contribution in [3.05, 3.63) is 23.8 Å². The SMILES string of the molecule is CC(C)(C)C(N)c1ccc2c(c1)N(CC(O)CO)C(=O)CO2. The first-order chi connectivity index (χ1) is 10.2. The van der Waals surface area contributed by atoms with Gasteiger partial charge in [-0.25, -0.2) is 0 Å². The Kier molecular flexibility index (Phi) is 4.75. The van der Waals surface area contributed by atoms with Gasteiger partial charge in [-0.05, 0) is 23.1 Å². The van der Waals surface area contributed by atoms with Gasteiger partial charge >= 0.3 is 0 Å². The van der Waals surface area contributed by atoms with Gasteiger partial charge in [-0.3, -0.25) is 4.79 Å². The first-order valence-electron chi connectivity index (χ1n) is 7.35. The Morgan fingerprint density at radius 2 is 2.09 bits per heavy atom. The van der Waals surface area contributed by atoms with E-state index in [4.69, 9.17) is 15.6 Å². The molecular weight excluding hydrogens is 284 g/mol. The molecule has 0 aliphatic carbocycles. The number of anilines is 1. The van der Waals surface area contributed by atoms with Gasteiger partial charge in [-0.15, -0.1) is 0 Å². The molecule has 0 saturated heterocycles. The fraction of sp³-hybridized carbons (Fsp3) is 0.562. The normalized spacial score (nSPS) is 17.7. The number of nitrogens with zero attached hydrogens (tertiary/aromatic N) is 1. The van der Waals surface area contributed by atoms with Crippen LogP contribution in [0.1, 0.15) is 32.4 Å². The smallest absolute Gasteiger partial charge is 0.265 e. The topological polar surface area (TPSA) is 96.0 Å². The van der Waals surface area contributed by atoms with E-state index in [-0.39, 0.29) is 30.5 Å². The van der Waals surface area contributed by atoms with Crippen molar-refractivity contribution in [1.82, 2.24) is 0 Å². The van der Waals surface area contributed by atoms with Crippen LogP contribution in [0.25, 0.3) is 0 Å². The molecule has 0 spiro atoms. The van der Waals surface area contributed by atoms with Crippen LogP contribution in [0.15, 0.2) is 18.2 Å². The Morgan fingerprint density at radius 1 is 1.41 bits per heavy atom. The summed E-state index contributed by atoms with van der Waals surface area (Å²) in [5, 5.41) is 18.7. The van der Waals surface area contributed by atoms with E-state index in [2.05, 4.69) is 0 Å². The summed E-state index contributed by atoms with van der Waals surface area (Å²) < 4.78 is 5.43. The molecule has 6 heteroatoms. The molecule has 6 nitrogen and oxygen atoms in total. The monoisotopic (exact) mass is 308 g/mol. The summed E-state index contributed by atoms with van der Waals surface area (Å²) in [6.07, 6.45) is -0.991. The maximum atomic E-state index is 12.1. The van der Waals surface area contributed by atoms with Crippen LogP contribution in [0.2, 0.25) is 0 Å². The van der Waals surface area contributed by atoms with E-state index < -0.39 is 12.7 Å².